The molecule has 1 unspecified atom stereocenters. The van der Waals surface area contributed by atoms with E-state index in [0.29, 0.717) is 23.9 Å². The topological polar surface area (TPSA) is 37.8 Å². The highest BCUT2D eigenvalue weighted by Crippen LogP contribution is 2.17. The number of nitrogens with zero attached hydrogens (tertiary/aromatic N) is 2. The number of aryl methyl sites for hydroxylation is 1. The number of hydrogen-bond donors (Lipinski definition) is 1. The molecule has 0 saturated carbocycles. The van der Waals surface area contributed by atoms with E-state index in [0.717, 1.165) is 6.42 Å². The Morgan fingerprint density at radius 1 is 1.31 bits per heavy atom. The Labute approximate surface area is 96.5 Å². The second kappa shape index (κ2) is 5.77. The molecule has 0 saturated heterocycles. The number of nitrogens with one attached hydrogen (secondary N) is 1. The largest absolute Gasteiger partial charge is 0.365 e. The van der Waals surface area contributed by atoms with Crippen LogP contribution in [0.2, 0.25) is 0 Å². The minimum Gasteiger partial charge on any atom is -0.365 e. The Kier molecular flexibility index (Phi) is 4.65. The van der Waals surface area contributed by atoms with E-state index in [-0.39, 0.29) is 11.9 Å². The zero-order valence-corrected chi connectivity index (χ0v) is 10.4. The van der Waals surface area contributed by atoms with E-state index in [1.165, 1.54) is 6.33 Å². The number of rotatable bonds is 5. The SMILES string of the molecule is CCc1ncnc(NC(CC)C(C)C)c1F. The van der Waals surface area contributed by atoms with E-state index in [1.807, 2.05) is 6.92 Å². The van der Waals surface area contributed by atoms with Crippen LogP contribution in [0, 0.1) is 11.7 Å². The van der Waals surface area contributed by atoms with E-state index < -0.39 is 0 Å². The van der Waals surface area contributed by atoms with Gasteiger partial charge in [-0.1, -0.05) is 27.7 Å². The fourth-order valence-electron chi connectivity index (χ4n) is 1.67. The van der Waals surface area contributed by atoms with Crippen molar-refractivity contribution < 1.29 is 4.39 Å². The summed E-state index contributed by atoms with van der Waals surface area (Å²) in [7, 11) is 0. The van der Waals surface area contributed by atoms with Crippen LogP contribution in [0.5, 0.6) is 0 Å². The fourth-order valence-corrected chi connectivity index (χ4v) is 1.67. The van der Waals surface area contributed by atoms with Gasteiger partial charge in [0.1, 0.15) is 6.33 Å². The van der Waals surface area contributed by atoms with Crippen LogP contribution in [0.4, 0.5) is 10.2 Å². The minimum absolute atomic E-state index is 0.245. The molecule has 1 N–H and O–H groups in total. The summed E-state index contributed by atoms with van der Waals surface area (Å²) in [5, 5.41) is 3.14. The average molecular weight is 225 g/mol. The van der Waals surface area contributed by atoms with Crippen LogP contribution in [0.3, 0.4) is 0 Å². The van der Waals surface area contributed by atoms with Crippen molar-refractivity contribution in [3.05, 3.63) is 17.8 Å². The molecule has 0 aliphatic rings. The Bertz CT molecular complexity index is 339. The van der Waals surface area contributed by atoms with Crippen LogP contribution < -0.4 is 5.32 Å². The number of hydrogen-bond acceptors (Lipinski definition) is 3. The van der Waals surface area contributed by atoms with Crippen molar-refractivity contribution in [2.24, 2.45) is 5.92 Å². The molecule has 90 valence electrons. The van der Waals surface area contributed by atoms with Crippen LogP contribution in [0.1, 0.15) is 39.8 Å². The first-order chi connectivity index (χ1) is 7.60. The van der Waals surface area contributed by atoms with Crippen LogP contribution >= 0.6 is 0 Å². The van der Waals surface area contributed by atoms with Crippen molar-refractivity contribution in [2.75, 3.05) is 5.32 Å². The van der Waals surface area contributed by atoms with E-state index in [1.54, 1.807) is 0 Å². The van der Waals surface area contributed by atoms with E-state index in [9.17, 15) is 4.39 Å². The first kappa shape index (κ1) is 12.9. The van der Waals surface area contributed by atoms with Crippen LogP contribution in [-0.4, -0.2) is 16.0 Å². The summed E-state index contributed by atoms with van der Waals surface area (Å²) in [6.07, 6.45) is 2.95. The maximum absolute atomic E-state index is 13.8. The molecule has 0 spiro atoms. The molecule has 1 rings (SSSR count). The number of halogens is 1. The second-order valence-electron chi connectivity index (χ2n) is 4.24. The van der Waals surface area contributed by atoms with Crippen molar-refractivity contribution in [3.8, 4) is 0 Å². The summed E-state index contributed by atoms with van der Waals surface area (Å²) in [5.74, 6) is 0.459. The fraction of sp³-hybridized carbons (Fsp3) is 0.667. The summed E-state index contributed by atoms with van der Waals surface area (Å²) in [6.45, 7) is 8.19. The Hall–Kier alpha value is -1.19. The maximum Gasteiger partial charge on any atom is 0.186 e. The van der Waals surface area contributed by atoms with E-state index in [2.05, 4.69) is 36.1 Å². The van der Waals surface area contributed by atoms with E-state index in [4.69, 9.17) is 0 Å². The minimum atomic E-state index is -0.316. The zero-order chi connectivity index (χ0) is 12.1. The molecular formula is C12H20FN3. The van der Waals surface area contributed by atoms with Gasteiger partial charge in [0.05, 0.1) is 5.69 Å². The van der Waals surface area contributed by atoms with Gasteiger partial charge in [0, 0.05) is 6.04 Å². The van der Waals surface area contributed by atoms with Gasteiger partial charge in [0.15, 0.2) is 11.6 Å². The van der Waals surface area contributed by atoms with Crippen molar-refractivity contribution >= 4 is 5.82 Å². The predicted octanol–water partition coefficient (Wildman–Crippen LogP) is 3.02. The lowest BCUT2D eigenvalue weighted by Crippen LogP contribution is -2.26. The quantitative estimate of drug-likeness (QED) is 0.837. The molecule has 16 heavy (non-hydrogen) atoms. The maximum atomic E-state index is 13.8. The van der Waals surface area contributed by atoms with Gasteiger partial charge in [0.25, 0.3) is 0 Å². The molecule has 0 bridgehead atoms. The lowest BCUT2D eigenvalue weighted by molar-refractivity contribution is 0.502. The molecule has 1 atom stereocenters. The highest BCUT2D eigenvalue weighted by atomic mass is 19.1. The van der Waals surface area contributed by atoms with Crippen molar-refractivity contribution in [2.45, 2.75) is 46.6 Å². The van der Waals surface area contributed by atoms with Crippen LogP contribution in [0.15, 0.2) is 6.33 Å². The molecule has 0 aliphatic carbocycles. The zero-order valence-electron chi connectivity index (χ0n) is 10.4. The third-order valence-electron chi connectivity index (χ3n) is 2.76. The molecule has 0 aliphatic heterocycles. The molecule has 1 heterocycles. The lowest BCUT2D eigenvalue weighted by atomic mass is 10.0. The molecule has 4 heteroatoms. The predicted molar refractivity (Wildman–Crippen MR) is 63.9 cm³/mol. The third-order valence-corrected chi connectivity index (χ3v) is 2.76. The average Bonchev–Trinajstić information content (AvgIpc) is 2.27. The van der Waals surface area contributed by atoms with E-state index >= 15 is 0 Å². The summed E-state index contributed by atoms with van der Waals surface area (Å²) in [4.78, 5) is 7.87. The van der Waals surface area contributed by atoms with Crippen molar-refractivity contribution in [1.29, 1.82) is 0 Å². The Morgan fingerprint density at radius 2 is 2.00 bits per heavy atom. The normalized spacial score (nSPS) is 12.9. The molecule has 1 aromatic rings. The highest BCUT2D eigenvalue weighted by Gasteiger charge is 2.15. The molecule has 0 fully saturated rings. The second-order valence-corrected chi connectivity index (χ2v) is 4.24. The van der Waals surface area contributed by atoms with Crippen LogP contribution in [0.25, 0.3) is 0 Å². The summed E-state index contributed by atoms with van der Waals surface area (Å²) in [5.41, 5.74) is 0.469. The van der Waals surface area contributed by atoms with Gasteiger partial charge in [0.2, 0.25) is 0 Å². The molecule has 1 aromatic heterocycles. The molecule has 3 nitrogen and oxygen atoms in total. The van der Waals surface area contributed by atoms with Gasteiger partial charge in [-0.05, 0) is 18.8 Å². The first-order valence-corrected chi connectivity index (χ1v) is 5.86. The third kappa shape index (κ3) is 2.90. The van der Waals surface area contributed by atoms with Gasteiger partial charge < -0.3 is 5.32 Å². The van der Waals surface area contributed by atoms with Gasteiger partial charge in [-0.25, -0.2) is 14.4 Å². The summed E-state index contributed by atoms with van der Waals surface area (Å²) < 4.78 is 13.8. The lowest BCUT2D eigenvalue weighted by Gasteiger charge is -2.21. The van der Waals surface area contributed by atoms with Crippen molar-refractivity contribution in [3.63, 3.8) is 0 Å². The van der Waals surface area contributed by atoms with Gasteiger partial charge in [-0.15, -0.1) is 0 Å². The summed E-state index contributed by atoms with van der Waals surface area (Å²) >= 11 is 0. The number of anilines is 1. The standard InChI is InChI=1S/C12H20FN3/c1-5-9(8(3)4)16-12-11(13)10(6-2)14-7-15-12/h7-9H,5-6H2,1-4H3,(H,14,15,16). The number of aromatic nitrogens is 2. The molecule has 0 amide bonds. The smallest absolute Gasteiger partial charge is 0.186 e. The molecular weight excluding hydrogens is 205 g/mol. The Balaban J connectivity index is 2.88. The van der Waals surface area contributed by atoms with Crippen molar-refractivity contribution in [1.82, 2.24) is 9.97 Å². The molecule has 0 aromatic carbocycles. The van der Waals surface area contributed by atoms with Gasteiger partial charge in [-0.2, -0.15) is 0 Å². The highest BCUT2D eigenvalue weighted by molar-refractivity contribution is 5.38. The van der Waals surface area contributed by atoms with Crippen LogP contribution in [-0.2, 0) is 6.42 Å². The first-order valence-electron chi connectivity index (χ1n) is 5.86. The Morgan fingerprint density at radius 3 is 2.50 bits per heavy atom. The molecule has 0 radical (unpaired) electrons. The van der Waals surface area contributed by atoms with Gasteiger partial charge >= 0.3 is 0 Å². The van der Waals surface area contributed by atoms with Gasteiger partial charge in [-0.3, -0.25) is 0 Å². The summed E-state index contributed by atoms with van der Waals surface area (Å²) in [6, 6.07) is 0.245. The monoisotopic (exact) mass is 225 g/mol.